The van der Waals surface area contributed by atoms with Gasteiger partial charge in [0.15, 0.2) is 5.83 Å². The third-order valence-electron chi connectivity index (χ3n) is 9.46. The predicted octanol–water partition coefficient (Wildman–Crippen LogP) is 2.59. The molecule has 2 saturated heterocycles. The SMILES string of the molecule is [C-]#[N+]C[C@H]1CN(c2nc(OC[C@@H]3CCCN3C)nc3c2CN(C)C2(CCc4ncccc42)C3)CCN1C(=O)C(=C)F. The predicted molar refractivity (Wildman–Crippen MR) is 152 cm³/mol. The molecule has 2 aromatic rings. The van der Waals surface area contributed by atoms with Crippen molar-refractivity contribution in [1.82, 2.24) is 29.7 Å². The molecule has 0 aromatic carbocycles. The van der Waals surface area contributed by atoms with Crippen LogP contribution in [-0.4, -0.2) is 101 Å². The summed E-state index contributed by atoms with van der Waals surface area (Å²) in [5.41, 5.74) is 4.23. The quantitative estimate of drug-likeness (QED) is 0.394. The highest BCUT2D eigenvalue weighted by Crippen LogP contribution is 2.47. The van der Waals surface area contributed by atoms with Crippen LogP contribution in [0.25, 0.3) is 4.85 Å². The Labute approximate surface area is 240 Å². The summed E-state index contributed by atoms with van der Waals surface area (Å²) in [5, 5.41) is 0. The topological polar surface area (TPSA) is 82.3 Å². The van der Waals surface area contributed by atoms with Gasteiger partial charge in [-0.3, -0.25) is 14.7 Å². The first-order chi connectivity index (χ1) is 19.8. The smallest absolute Gasteiger partial charge is 0.318 e. The van der Waals surface area contributed by atoms with Gasteiger partial charge in [0.1, 0.15) is 18.5 Å². The molecular formula is C30H37FN8O2. The van der Waals surface area contributed by atoms with Gasteiger partial charge in [-0.25, -0.2) is 11.0 Å². The van der Waals surface area contributed by atoms with Crippen LogP contribution in [0.3, 0.4) is 0 Å². The van der Waals surface area contributed by atoms with E-state index in [0.717, 1.165) is 61.4 Å². The second-order valence-corrected chi connectivity index (χ2v) is 11.7. The maximum atomic E-state index is 13.8. The average molecular weight is 561 g/mol. The maximum Gasteiger partial charge on any atom is 0.318 e. The van der Waals surface area contributed by atoms with E-state index in [-0.39, 0.29) is 18.6 Å². The Kier molecular flexibility index (Phi) is 7.38. The molecule has 2 fully saturated rings. The zero-order chi connectivity index (χ0) is 28.7. The molecule has 0 saturated carbocycles. The third kappa shape index (κ3) is 4.93. The fraction of sp³-hybridized carbons (Fsp3) is 0.567. The Bertz CT molecular complexity index is 1400. The van der Waals surface area contributed by atoms with Crippen molar-refractivity contribution in [3.05, 3.63) is 64.7 Å². The summed E-state index contributed by atoms with van der Waals surface area (Å²) in [6.45, 7) is 14.1. The number of fused-ring (bicyclic) bond motifs is 3. The van der Waals surface area contributed by atoms with Crippen LogP contribution in [0.5, 0.6) is 6.01 Å². The van der Waals surface area contributed by atoms with E-state index in [4.69, 9.17) is 21.3 Å². The van der Waals surface area contributed by atoms with Crippen LogP contribution in [0.4, 0.5) is 10.2 Å². The van der Waals surface area contributed by atoms with Crippen LogP contribution >= 0.6 is 0 Å². The molecule has 1 spiro atoms. The molecule has 10 nitrogen and oxygen atoms in total. The second-order valence-electron chi connectivity index (χ2n) is 11.7. The lowest BCUT2D eigenvalue weighted by molar-refractivity contribution is -0.131. The highest BCUT2D eigenvalue weighted by molar-refractivity contribution is 5.91. The van der Waals surface area contributed by atoms with Gasteiger partial charge in [0, 0.05) is 56.1 Å². The minimum atomic E-state index is -1.00. The number of piperazine rings is 1. The second kappa shape index (κ2) is 11.0. The van der Waals surface area contributed by atoms with Gasteiger partial charge in [-0.1, -0.05) is 12.6 Å². The summed E-state index contributed by atoms with van der Waals surface area (Å²) in [6, 6.07) is 4.42. The summed E-state index contributed by atoms with van der Waals surface area (Å²) < 4.78 is 20.1. The van der Waals surface area contributed by atoms with E-state index >= 15 is 0 Å². The molecule has 3 aliphatic heterocycles. The average Bonchev–Trinajstić information content (AvgIpc) is 3.55. The Morgan fingerprint density at radius 1 is 1.24 bits per heavy atom. The number of hydrogen-bond acceptors (Lipinski definition) is 8. The number of ether oxygens (including phenoxy) is 1. The largest absolute Gasteiger partial charge is 0.462 e. The van der Waals surface area contributed by atoms with Crippen molar-refractivity contribution in [2.75, 3.05) is 58.3 Å². The zero-order valence-electron chi connectivity index (χ0n) is 23.9. The number of hydrogen-bond donors (Lipinski definition) is 0. The third-order valence-corrected chi connectivity index (χ3v) is 9.46. The molecule has 11 heteroatoms. The molecule has 0 bridgehead atoms. The standard InChI is InChI=1S/C30H37FN8O2/c1-20(31)28(40)39-14-13-38(17-22(39)16-32-2)27-23-18-37(4)30(10-9-25-24(30)8-5-11-33-25)15-26(23)34-29(35-27)41-19-21-7-6-12-36(21)3/h5,8,11,21-22H,1,6-7,9-10,12-19H2,3-4H3/t21-,22-,30?/m0/s1. The first-order valence-electron chi connectivity index (χ1n) is 14.4. The summed E-state index contributed by atoms with van der Waals surface area (Å²) >= 11 is 0. The van der Waals surface area contributed by atoms with Crippen LogP contribution in [0.1, 0.15) is 41.8 Å². The zero-order valence-corrected chi connectivity index (χ0v) is 23.9. The van der Waals surface area contributed by atoms with Crippen LogP contribution in [0, 0.1) is 6.57 Å². The number of pyridine rings is 1. The van der Waals surface area contributed by atoms with Crippen molar-refractivity contribution in [3.63, 3.8) is 0 Å². The molecule has 0 radical (unpaired) electrons. The van der Waals surface area contributed by atoms with Crippen molar-refractivity contribution >= 4 is 11.7 Å². The number of rotatable bonds is 6. The lowest BCUT2D eigenvalue weighted by atomic mass is 9.81. The van der Waals surface area contributed by atoms with E-state index in [1.54, 1.807) is 0 Å². The summed E-state index contributed by atoms with van der Waals surface area (Å²) in [4.78, 5) is 38.9. The monoisotopic (exact) mass is 560 g/mol. The van der Waals surface area contributed by atoms with Gasteiger partial charge >= 0.3 is 6.01 Å². The van der Waals surface area contributed by atoms with Crippen LogP contribution < -0.4 is 9.64 Å². The Morgan fingerprint density at radius 3 is 2.85 bits per heavy atom. The fourth-order valence-corrected chi connectivity index (χ4v) is 7.12. The van der Waals surface area contributed by atoms with Crippen LogP contribution in [-0.2, 0) is 29.7 Å². The van der Waals surface area contributed by atoms with E-state index in [1.165, 1.54) is 10.5 Å². The minimum absolute atomic E-state index is 0.0764. The lowest BCUT2D eigenvalue weighted by Gasteiger charge is -2.45. The van der Waals surface area contributed by atoms with Crippen molar-refractivity contribution < 1.29 is 13.9 Å². The molecule has 1 aliphatic carbocycles. The molecular weight excluding hydrogens is 523 g/mol. The van der Waals surface area contributed by atoms with Gasteiger partial charge in [0.25, 0.3) is 5.91 Å². The number of aryl methyl sites for hydroxylation is 1. The molecule has 0 N–H and O–H groups in total. The number of carbonyl (C=O) groups excluding carboxylic acids is 1. The number of likely N-dealkylation sites (tertiary alicyclic amines) is 1. The fourth-order valence-electron chi connectivity index (χ4n) is 7.12. The minimum Gasteiger partial charge on any atom is -0.462 e. The van der Waals surface area contributed by atoms with Gasteiger partial charge in [-0.15, -0.1) is 0 Å². The van der Waals surface area contributed by atoms with E-state index < -0.39 is 17.8 Å². The van der Waals surface area contributed by atoms with Gasteiger partial charge in [-0.05, 0) is 58.0 Å². The van der Waals surface area contributed by atoms with Gasteiger partial charge in [-0.2, -0.15) is 9.97 Å². The van der Waals surface area contributed by atoms with E-state index in [1.807, 2.05) is 12.3 Å². The Morgan fingerprint density at radius 2 is 2.10 bits per heavy atom. The Hall–Kier alpha value is -3.62. The van der Waals surface area contributed by atoms with Crippen molar-refractivity contribution in [2.24, 2.45) is 0 Å². The number of anilines is 1. The molecule has 3 atom stereocenters. The number of nitrogens with zero attached hydrogens (tertiary/aromatic N) is 8. The van der Waals surface area contributed by atoms with Crippen LogP contribution in [0.15, 0.2) is 30.7 Å². The van der Waals surface area contributed by atoms with Crippen molar-refractivity contribution in [1.29, 1.82) is 0 Å². The number of halogens is 1. The number of aromatic nitrogens is 3. The van der Waals surface area contributed by atoms with E-state index in [0.29, 0.717) is 38.3 Å². The summed E-state index contributed by atoms with van der Waals surface area (Å²) in [5.74, 6) is -0.974. The molecule has 1 unspecified atom stereocenters. The summed E-state index contributed by atoms with van der Waals surface area (Å²) in [6.07, 6.45) is 6.72. The molecule has 4 aliphatic rings. The van der Waals surface area contributed by atoms with Gasteiger partial charge < -0.3 is 24.3 Å². The first-order valence-corrected chi connectivity index (χ1v) is 14.4. The van der Waals surface area contributed by atoms with Crippen LogP contribution in [0.2, 0.25) is 0 Å². The summed E-state index contributed by atoms with van der Waals surface area (Å²) in [7, 11) is 4.27. The number of amides is 1. The van der Waals surface area contributed by atoms with E-state index in [2.05, 4.69) is 51.3 Å². The highest BCUT2D eigenvalue weighted by Gasteiger charge is 2.47. The van der Waals surface area contributed by atoms with Crippen molar-refractivity contribution in [2.45, 2.75) is 56.3 Å². The molecule has 216 valence electrons. The highest BCUT2D eigenvalue weighted by atomic mass is 19.1. The first kappa shape index (κ1) is 27.5. The molecule has 5 heterocycles. The lowest BCUT2D eigenvalue weighted by Crippen LogP contribution is -2.57. The van der Waals surface area contributed by atoms with Gasteiger partial charge in [0.05, 0.1) is 11.2 Å². The molecule has 6 rings (SSSR count). The normalized spacial score (nSPS) is 26.1. The Balaban J connectivity index is 1.35. The van der Waals surface area contributed by atoms with Crippen molar-refractivity contribution in [3.8, 4) is 6.01 Å². The molecule has 41 heavy (non-hydrogen) atoms. The molecule has 1 amide bonds. The maximum absolute atomic E-state index is 13.8. The molecule has 2 aromatic heterocycles. The number of carbonyl (C=O) groups is 1. The van der Waals surface area contributed by atoms with E-state index in [9.17, 15) is 9.18 Å². The van der Waals surface area contributed by atoms with Gasteiger partial charge in [0.2, 0.25) is 6.54 Å². The number of likely N-dealkylation sites (N-methyl/N-ethyl adjacent to an activating group) is 2.